The van der Waals surface area contributed by atoms with Crippen molar-refractivity contribution in [2.45, 2.75) is 17.4 Å². The Labute approximate surface area is 134 Å². The van der Waals surface area contributed by atoms with Crippen LogP contribution >= 0.6 is 0 Å². The van der Waals surface area contributed by atoms with E-state index in [2.05, 4.69) is 15.4 Å². The second kappa shape index (κ2) is 7.82. The molecule has 7 nitrogen and oxygen atoms in total. The number of aliphatic hydroxyl groups is 1. The van der Waals surface area contributed by atoms with Gasteiger partial charge in [0.05, 0.1) is 6.10 Å². The van der Waals surface area contributed by atoms with Gasteiger partial charge in [-0.1, -0.05) is 12.1 Å². The van der Waals surface area contributed by atoms with Gasteiger partial charge in [-0.2, -0.15) is 0 Å². The predicted molar refractivity (Wildman–Crippen MR) is 81.6 cm³/mol. The van der Waals surface area contributed by atoms with E-state index in [0.29, 0.717) is 19.6 Å². The number of sulfonamides is 1. The van der Waals surface area contributed by atoms with Crippen LogP contribution in [0.4, 0.5) is 4.39 Å². The normalized spacial score (nSPS) is 21.3. The Bertz CT molecular complexity index is 653. The molecule has 9 heteroatoms. The zero-order valence-corrected chi connectivity index (χ0v) is 13.3. The monoisotopic (exact) mass is 345 g/mol. The van der Waals surface area contributed by atoms with Gasteiger partial charge in [-0.15, -0.1) is 0 Å². The fourth-order valence-electron chi connectivity index (χ4n) is 2.30. The van der Waals surface area contributed by atoms with Gasteiger partial charge in [-0.25, -0.2) is 17.5 Å². The predicted octanol–water partition coefficient (Wildman–Crippen LogP) is -0.809. The van der Waals surface area contributed by atoms with E-state index in [1.807, 2.05) is 0 Å². The molecule has 2 atom stereocenters. The smallest absolute Gasteiger partial charge is 0.243 e. The maximum absolute atomic E-state index is 13.5. The van der Waals surface area contributed by atoms with Crippen LogP contribution < -0.4 is 15.4 Å². The van der Waals surface area contributed by atoms with E-state index in [1.165, 1.54) is 12.1 Å². The van der Waals surface area contributed by atoms with Crippen molar-refractivity contribution in [3.63, 3.8) is 0 Å². The highest BCUT2D eigenvalue weighted by Crippen LogP contribution is 2.12. The van der Waals surface area contributed by atoms with Gasteiger partial charge in [0.1, 0.15) is 10.7 Å². The van der Waals surface area contributed by atoms with Gasteiger partial charge in [0.15, 0.2) is 0 Å². The van der Waals surface area contributed by atoms with Crippen LogP contribution in [-0.4, -0.2) is 51.7 Å². The van der Waals surface area contributed by atoms with E-state index < -0.39 is 26.8 Å². The van der Waals surface area contributed by atoms with Crippen LogP contribution in [0.3, 0.4) is 0 Å². The third-order valence-corrected chi connectivity index (χ3v) is 5.13. The van der Waals surface area contributed by atoms with Crippen LogP contribution in [-0.2, 0) is 14.8 Å². The molecule has 2 rings (SSSR count). The lowest BCUT2D eigenvalue weighted by Crippen LogP contribution is -2.36. The van der Waals surface area contributed by atoms with Crippen LogP contribution in [0.5, 0.6) is 0 Å². The molecule has 1 aliphatic rings. The average Bonchev–Trinajstić information content (AvgIpc) is 2.90. The number of aliphatic hydroxyl groups excluding tert-OH is 1. The summed E-state index contributed by atoms with van der Waals surface area (Å²) in [5.41, 5.74) is 0. The first-order chi connectivity index (χ1) is 10.9. The van der Waals surface area contributed by atoms with E-state index >= 15 is 0 Å². The lowest BCUT2D eigenvalue weighted by atomic mass is 10.1. The van der Waals surface area contributed by atoms with Crippen molar-refractivity contribution in [1.82, 2.24) is 15.4 Å². The molecule has 4 N–H and O–H groups in total. The van der Waals surface area contributed by atoms with Crippen LogP contribution in [0.15, 0.2) is 29.2 Å². The molecule has 23 heavy (non-hydrogen) atoms. The molecular formula is C14H20FN3O4S. The van der Waals surface area contributed by atoms with E-state index in [0.717, 1.165) is 12.1 Å². The lowest BCUT2D eigenvalue weighted by Gasteiger charge is -2.14. The van der Waals surface area contributed by atoms with Crippen LogP contribution in [0.1, 0.15) is 6.42 Å². The number of amides is 1. The molecule has 1 aliphatic heterocycles. The summed E-state index contributed by atoms with van der Waals surface area (Å²) in [5.74, 6) is -1.22. The zero-order chi connectivity index (χ0) is 16.9. The summed E-state index contributed by atoms with van der Waals surface area (Å²) in [5, 5.41) is 15.2. The fraction of sp³-hybridized carbons (Fsp3) is 0.500. The van der Waals surface area contributed by atoms with E-state index in [-0.39, 0.29) is 24.8 Å². The molecule has 0 aromatic heterocycles. The van der Waals surface area contributed by atoms with Crippen LogP contribution in [0, 0.1) is 11.7 Å². The summed E-state index contributed by atoms with van der Waals surface area (Å²) in [7, 11) is -3.98. The number of β-amino-alcohol motifs (C(OH)–C–C–N with tert-alkyl or cyclic N) is 1. The summed E-state index contributed by atoms with van der Waals surface area (Å²) in [6.07, 6.45) is -0.556. The third-order valence-electron chi connectivity index (χ3n) is 3.64. The Balaban J connectivity index is 1.75. The molecule has 0 radical (unpaired) electrons. The number of carbonyl (C=O) groups excluding carboxylic acids is 1. The van der Waals surface area contributed by atoms with Crippen molar-refractivity contribution in [2.24, 2.45) is 5.92 Å². The van der Waals surface area contributed by atoms with Gasteiger partial charge >= 0.3 is 0 Å². The second-order valence-corrected chi connectivity index (χ2v) is 7.10. The molecule has 128 valence electrons. The topological polar surface area (TPSA) is 108 Å². The minimum absolute atomic E-state index is 0.0472. The second-order valence-electron chi connectivity index (χ2n) is 5.37. The molecule has 1 aromatic rings. The van der Waals surface area contributed by atoms with Gasteiger partial charge in [0.2, 0.25) is 15.9 Å². The first-order valence-corrected chi connectivity index (χ1v) is 8.78. The van der Waals surface area contributed by atoms with Crippen molar-refractivity contribution in [3.8, 4) is 0 Å². The number of rotatable bonds is 7. The number of benzene rings is 1. The zero-order valence-electron chi connectivity index (χ0n) is 12.5. The van der Waals surface area contributed by atoms with Crippen molar-refractivity contribution < 1.29 is 22.7 Å². The van der Waals surface area contributed by atoms with Gasteiger partial charge in [0.25, 0.3) is 0 Å². The van der Waals surface area contributed by atoms with Crippen molar-refractivity contribution in [3.05, 3.63) is 30.1 Å². The number of halogens is 1. The standard InChI is InChI=1S/C14H20FN3O4S/c15-11-3-1-2-4-13(11)23(21,22)18-6-5-14(20)17-8-10-7-16-9-12(10)19/h1-4,10,12,16,18-19H,5-9H2,(H,17,20). The summed E-state index contributed by atoms with van der Waals surface area (Å²) >= 11 is 0. The van der Waals surface area contributed by atoms with Crippen LogP contribution in [0.2, 0.25) is 0 Å². The largest absolute Gasteiger partial charge is 0.391 e. The number of hydrogen-bond donors (Lipinski definition) is 4. The van der Waals surface area contributed by atoms with Gasteiger partial charge < -0.3 is 15.7 Å². The summed E-state index contributed by atoms with van der Waals surface area (Å²) in [6, 6.07) is 5.04. The quantitative estimate of drug-likeness (QED) is 0.517. The van der Waals surface area contributed by atoms with Crippen LogP contribution in [0.25, 0.3) is 0 Å². The average molecular weight is 345 g/mol. The number of carbonyl (C=O) groups is 1. The molecule has 1 saturated heterocycles. The van der Waals surface area contributed by atoms with Gasteiger partial charge in [0, 0.05) is 38.5 Å². The van der Waals surface area contributed by atoms with Gasteiger partial charge in [-0.05, 0) is 12.1 Å². The molecule has 0 spiro atoms. The maximum atomic E-state index is 13.5. The van der Waals surface area contributed by atoms with Crippen molar-refractivity contribution in [1.29, 1.82) is 0 Å². The first kappa shape index (κ1) is 17.8. The Morgan fingerprint density at radius 2 is 2.09 bits per heavy atom. The minimum atomic E-state index is -3.98. The van der Waals surface area contributed by atoms with Crippen molar-refractivity contribution >= 4 is 15.9 Å². The SMILES string of the molecule is O=C(CCNS(=O)(=O)c1ccccc1F)NCC1CNCC1O. The first-order valence-electron chi connectivity index (χ1n) is 7.30. The van der Waals surface area contributed by atoms with E-state index in [4.69, 9.17) is 0 Å². The molecule has 0 bridgehead atoms. The lowest BCUT2D eigenvalue weighted by molar-refractivity contribution is -0.121. The molecule has 0 saturated carbocycles. The highest BCUT2D eigenvalue weighted by Gasteiger charge is 2.25. The summed E-state index contributed by atoms with van der Waals surface area (Å²) < 4.78 is 39.5. The molecule has 1 fully saturated rings. The number of nitrogens with one attached hydrogen (secondary N) is 3. The molecule has 1 amide bonds. The Hall–Kier alpha value is -1.55. The highest BCUT2D eigenvalue weighted by atomic mass is 32.2. The summed E-state index contributed by atoms with van der Waals surface area (Å²) in [4.78, 5) is 11.2. The Morgan fingerprint density at radius 1 is 1.35 bits per heavy atom. The Kier molecular flexibility index (Phi) is 6.05. The van der Waals surface area contributed by atoms with E-state index in [1.54, 1.807) is 0 Å². The maximum Gasteiger partial charge on any atom is 0.243 e. The molecular weight excluding hydrogens is 325 g/mol. The molecule has 1 heterocycles. The highest BCUT2D eigenvalue weighted by molar-refractivity contribution is 7.89. The summed E-state index contributed by atoms with van der Waals surface area (Å²) in [6.45, 7) is 1.32. The molecule has 2 unspecified atom stereocenters. The molecule has 0 aliphatic carbocycles. The van der Waals surface area contributed by atoms with E-state index in [9.17, 15) is 22.7 Å². The Morgan fingerprint density at radius 3 is 2.74 bits per heavy atom. The minimum Gasteiger partial charge on any atom is -0.391 e. The van der Waals surface area contributed by atoms with Crippen molar-refractivity contribution in [2.75, 3.05) is 26.2 Å². The fourth-order valence-corrected chi connectivity index (χ4v) is 3.41. The third kappa shape index (κ3) is 4.96. The molecule has 1 aromatic carbocycles. The number of hydrogen-bond acceptors (Lipinski definition) is 5. The van der Waals surface area contributed by atoms with Gasteiger partial charge in [-0.3, -0.25) is 4.79 Å².